The van der Waals surface area contributed by atoms with Gasteiger partial charge in [0.15, 0.2) is 0 Å². The average molecular weight is 234 g/mol. The summed E-state index contributed by atoms with van der Waals surface area (Å²) < 4.78 is 5.76. The molecule has 2 nitrogen and oxygen atoms in total. The molecule has 3 heteroatoms. The Labute approximate surface area is 99.9 Å². The van der Waals surface area contributed by atoms with E-state index in [0.717, 1.165) is 17.1 Å². The van der Waals surface area contributed by atoms with Crippen LogP contribution in [0.4, 0.5) is 0 Å². The van der Waals surface area contributed by atoms with E-state index in [4.69, 9.17) is 16.3 Å². The summed E-state index contributed by atoms with van der Waals surface area (Å²) in [5.41, 5.74) is 2.06. The number of halogens is 1. The van der Waals surface area contributed by atoms with Gasteiger partial charge in [-0.3, -0.25) is 4.98 Å². The van der Waals surface area contributed by atoms with Gasteiger partial charge in [-0.25, -0.2) is 0 Å². The van der Waals surface area contributed by atoms with Gasteiger partial charge in [0.1, 0.15) is 11.5 Å². The lowest BCUT2D eigenvalue weighted by Crippen LogP contribution is -1.90. The number of ether oxygens (including phenoxy) is 1. The molecule has 0 saturated carbocycles. The molecule has 0 aliphatic carbocycles. The van der Waals surface area contributed by atoms with Gasteiger partial charge in [-0.05, 0) is 30.7 Å². The minimum atomic E-state index is 0.398. The highest BCUT2D eigenvalue weighted by molar-refractivity contribution is 6.17. The van der Waals surface area contributed by atoms with Gasteiger partial charge in [0.05, 0.1) is 5.88 Å². The van der Waals surface area contributed by atoms with Gasteiger partial charge in [0, 0.05) is 18.0 Å². The highest BCUT2D eigenvalue weighted by atomic mass is 35.5. The number of alkyl halides is 1. The Kier molecular flexibility index (Phi) is 3.42. The number of hydrogen-bond donors (Lipinski definition) is 0. The minimum absolute atomic E-state index is 0.398. The lowest BCUT2D eigenvalue weighted by Gasteiger charge is -2.09. The smallest absolute Gasteiger partial charge is 0.134 e. The number of pyridine rings is 1. The van der Waals surface area contributed by atoms with Crippen molar-refractivity contribution in [3.8, 4) is 11.5 Å². The first-order valence-electron chi connectivity index (χ1n) is 5.03. The third-order valence-electron chi connectivity index (χ3n) is 2.22. The predicted octanol–water partition coefficient (Wildman–Crippen LogP) is 3.92. The zero-order valence-electron chi connectivity index (χ0n) is 8.98. The lowest BCUT2D eigenvalue weighted by molar-refractivity contribution is 0.477. The van der Waals surface area contributed by atoms with Crippen molar-refractivity contribution in [3.05, 3.63) is 53.9 Å². The first-order chi connectivity index (χ1) is 7.79. The Bertz CT molecular complexity index is 485. The fourth-order valence-electron chi connectivity index (χ4n) is 1.42. The Hall–Kier alpha value is -1.54. The van der Waals surface area contributed by atoms with E-state index in [1.54, 1.807) is 12.4 Å². The monoisotopic (exact) mass is 233 g/mol. The Balaban J connectivity index is 2.26. The molecular weight excluding hydrogens is 222 g/mol. The second kappa shape index (κ2) is 4.99. The SMILES string of the molecule is Cc1cccc(Oc2ccncc2CCl)c1. The number of aryl methyl sites for hydroxylation is 1. The van der Waals surface area contributed by atoms with Crippen LogP contribution in [0.3, 0.4) is 0 Å². The Morgan fingerprint density at radius 1 is 1.31 bits per heavy atom. The molecular formula is C13H12ClNO. The summed E-state index contributed by atoms with van der Waals surface area (Å²) in [6.45, 7) is 2.03. The van der Waals surface area contributed by atoms with Gasteiger partial charge >= 0.3 is 0 Å². The molecule has 0 bridgehead atoms. The van der Waals surface area contributed by atoms with Gasteiger partial charge in [-0.15, -0.1) is 11.6 Å². The van der Waals surface area contributed by atoms with Crippen molar-refractivity contribution in [2.45, 2.75) is 12.8 Å². The third-order valence-corrected chi connectivity index (χ3v) is 2.51. The maximum atomic E-state index is 5.81. The van der Waals surface area contributed by atoms with Crippen molar-refractivity contribution in [2.24, 2.45) is 0 Å². The van der Waals surface area contributed by atoms with E-state index < -0.39 is 0 Å². The fourth-order valence-corrected chi connectivity index (χ4v) is 1.62. The average Bonchev–Trinajstić information content (AvgIpc) is 2.30. The van der Waals surface area contributed by atoms with Crippen LogP contribution >= 0.6 is 11.6 Å². The van der Waals surface area contributed by atoms with Crippen LogP contribution < -0.4 is 4.74 Å². The minimum Gasteiger partial charge on any atom is -0.457 e. The van der Waals surface area contributed by atoms with Crippen molar-refractivity contribution in [3.63, 3.8) is 0 Å². The largest absolute Gasteiger partial charge is 0.457 e. The van der Waals surface area contributed by atoms with E-state index in [0.29, 0.717) is 5.88 Å². The summed E-state index contributed by atoms with van der Waals surface area (Å²) in [7, 11) is 0. The molecule has 1 heterocycles. The van der Waals surface area contributed by atoms with Gasteiger partial charge in [-0.1, -0.05) is 12.1 Å². The maximum absolute atomic E-state index is 5.81. The number of aromatic nitrogens is 1. The van der Waals surface area contributed by atoms with E-state index >= 15 is 0 Å². The van der Waals surface area contributed by atoms with Gasteiger partial charge in [0.25, 0.3) is 0 Å². The van der Waals surface area contributed by atoms with Gasteiger partial charge < -0.3 is 4.74 Å². The van der Waals surface area contributed by atoms with Crippen molar-refractivity contribution in [1.29, 1.82) is 0 Å². The molecule has 0 spiro atoms. The number of nitrogens with zero attached hydrogens (tertiary/aromatic N) is 1. The van der Waals surface area contributed by atoms with Crippen molar-refractivity contribution in [2.75, 3.05) is 0 Å². The second-order valence-electron chi connectivity index (χ2n) is 3.54. The van der Waals surface area contributed by atoms with Crippen molar-refractivity contribution < 1.29 is 4.74 Å². The molecule has 82 valence electrons. The first-order valence-corrected chi connectivity index (χ1v) is 5.56. The van der Waals surface area contributed by atoms with Crippen LogP contribution in [0, 0.1) is 6.92 Å². The molecule has 0 radical (unpaired) electrons. The first kappa shape index (κ1) is 11.0. The molecule has 2 rings (SSSR count). The summed E-state index contributed by atoms with van der Waals surface area (Å²) in [6, 6.07) is 9.72. The Morgan fingerprint density at radius 3 is 2.94 bits per heavy atom. The van der Waals surface area contributed by atoms with Crippen LogP contribution in [-0.4, -0.2) is 4.98 Å². The maximum Gasteiger partial charge on any atom is 0.134 e. The number of rotatable bonds is 3. The Morgan fingerprint density at radius 2 is 2.19 bits per heavy atom. The van der Waals surface area contributed by atoms with Crippen LogP contribution in [0.15, 0.2) is 42.7 Å². The zero-order valence-corrected chi connectivity index (χ0v) is 9.74. The summed E-state index contributed by atoms with van der Waals surface area (Å²) in [4.78, 5) is 4.01. The molecule has 0 atom stereocenters. The molecule has 1 aromatic carbocycles. The summed E-state index contributed by atoms with van der Waals surface area (Å²) in [6.07, 6.45) is 3.42. The number of hydrogen-bond acceptors (Lipinski definition) is 2. The molecule has 0 aliphatic rings. The topological polar surface area (TPSA) is 22.1 Å². The molecule has 16 heavy (non-hydrogen) atoms. The highest BCUT2D eigenvalue weighted by Crippen LogP contribution is 2.25. The fraction of sp³-hybridized carbons (Fsp3) is 0.154. The van der Waals surface area contributed by atoms with E-state index in [-0.39, 0.29) is 0 Å². The van der Waals surface area contributed by atoms with E-state index in [9.17, 15) is 0 Å². The molecule has 0 N–H and O–H groups in total. The standard InChI is InChI=1S/C13H12ClNO/c1-10-3-2-4-12(7-10)16-13-5-6-15-9-11(13)8-14/h2-7,9H,8H2,1H3. The molecule has 0 saturated heterocycles. The van der Waals surface area contributed by atoms with Crippen molar-refractivity contribution >= 4 is 11.6 Å². The molecule has 0 amide bonds. The summed E-state index contributed by atoms with van der Waals surface area (Å²) in [5.74, 6) is 1.97. The van der Waals surface area contributed by atoms with Gasteiger partial charge in [0.2, 0.25) is 0 Å². The van der Waals surface area contributed by atoms with E-state index in [1.807, 2.05) is 37.3 Å². The van der Waals surface area contributed by atoms with E-state index in [2.05, 4.69) is 4.98 Å². The van der Waals surface area contributed by atoms with Crippen LogP contribution in [0.2, 0.25) is 0 Å². The summed E-state index contributed by atoms with van der Waals surface area (Å²) in [5, 5.41) is 0. The predicted molar refractivity (Wildman–Crippen MR) is 65.0 cm³/mol. The molecule has 0 aliphatic heterocycles. The van der Waals surface area contributed by atoms with Crippen LogP contribution in [0.1, 0.15) is 11.1 Å². The second-order valence-corrected chi connectivity index (χ2v) is 3.80. The third kappa shape index (κ3) is 2.52. The molecule has 1 aromatic heterocycles. The zero-order chi connectivity index (χ0) is 11.4. The normalized spacial score (nSPS) is 10.1. The van der Waals surface area contributed by atoms with Crippen molar-refractivity contribution in [1.82, 2.24) is 4.98 Å². The highest BCUT2D eigenvalue weighted by Gasteiger charge is 2.03. The number of benzene rings is 1. The lowest BCUT2D eigenvalue weighted by atomic mass is 10.2. The summed E-state index contributed by atoms with van der Waals surface area (Å²) >= 11 is 5.81. The van der Waals surface area contributed by atoms with Crippen LogP contribution in [0.5, 0.6) is 11.5 Å². The quantitative estimate of drug-likeness (QED) is 0.750. The van der Waals surface area contributed by atoms with E-state index in [1.165, 1.54) is 5.56 Å². The van der Waals surface area contributed by atoms with Crippen LogP contribution in [0.25, 0.3) is 0 Å². The molecule has 0 unspecified atom stereocenters. The van der Waals surface area contributed by atoms with Gasteiger partial charge in [-0.2, -0.15) is 0 Å². The molecule has 0 fully saturated rings. The van der Waals surface area contributed by atoms with Crippen LogP contribution in [-0.2, 0) is 5.88 Å². The molecule has 2 aromatic rings.